The van der Waals surface area contributed by atoms with Gasteiger partial charge in [0.2, 0.25) is 0 Å². The van der Waals surface area contributed by atoms with Gasteiger partial charge in [0, 0.05) is 39.5 Å². The monoisotopic (exact) mass is 359 g/mol. The minimum Gasteiger partial charge on any atom is -0.373 e. The van der Waals surface area contributed by atoms with E-state index in [1.54, 1.807) is 19.3 Å². The molecule has 6 nitrogen and oxygen atoms in total. The third kappa shape index (κ3) is 5.71. The first kappa shape index (κ1) is 18.1. The van der Waals surface area contributed by atoms with E-state index in [0.717, 1.165) is 32.0 Å². The third-order valence-corrected chi connectivity index (χ3v) is 4.17. The van der Waals surface area contributed by atoms with Crippen molar-refractivity contribution < 1.29 is 4.74 Å². The van der Waals surface area contributed by atoms with Crippen molar-refractivity contribution in [1.29, 1.82) is 0 Å². The van der Waals surface area contributed by atoms with E-state index in [4.69, 9.17) is 27.9 Å². The van der Waals surface area contributed by atoms with Gasteiger partial charge < -0.3 is 20.7 Å². The molecule has 1 aromatic heterocycles. The number of guanidine groups is 1. The van der Waals surface area contributed by atoms with E-state index >= 15 is 0 Å². The minimum absolute atomic E-state index is 0.101. The van der Waals surface area contributed by atoms with E-state index in [9.17, 15) is 0 Å². The molecule has 1 aliphatic rings. The van der Waals surface area contributed by atoms with Crippen LogP contribution in [0.1, 0.15) is 19.8 Å². The molecule has 1 fully saturated rings. The van der Waals surface area contributed by atoms with Gasteiger partial charge in [-0.15, -0.1) is 0 Å². The van der Waals surface area contributed by atoms with Crippen LogP contribution in [-0.2, 0) is 4.74 Å². The van der Waals surface area contributed by atoms with Crippen LogP contribution in [0.2, 0.25) is 10.0 Å². The van der Waals surface area contributed by atoms with Gasteiger partial charge in [0.05, 0.1) is 15.6 Å². The molecule has 8 heteroatoms. The average Bonchev–Trinajstić information content (AvgIpc) is 2.95. The molecular weight excluding hydrogens is 337 g/mol. The van der Waals surface area contributed by atoms with Gasteiger partial charge in [0.25, 0.3) is 0 Å². The lowest BCUT2D eigenvalue weighted by molar-refractivity contribution is 0.0243. The Morgan fingerprint density at radius 1 is 1.39 bits per heavy atom. The minimum atomic E-state index is -0.101. The Morgan fingerprint density at radius 2 is 2.22 bits per heavy atom. The summed E-state index contributed by atoms with van der Waals surface area (Å²) in [6, 6.07) is 1.66. The molecule has 0 saturated carbocycles. The second-order valence-corrected chi connectivity index (χ2v) is 6.51. The number of aromatic nitrogens is 1. The molecule has 128 valence electrons. The largest absolute Gasteiger partial charge is 0.373 e. The highest BCUT2D eigenvalue weighted by atomic mass is 35.5. The Kier molecular flexibility index (Phi) is 6.74. The number of halogens is 2. The molecule has 1 unspecified atom stereocenters. The van der Waals surface area contributed by atoms with Gasteiger partial charge in [-0.2, -0.15) is 0 Å². The van der Waals surface area contributed by atoms with Gasteiger partial charge in [-0.3, -0.25) is 4.99 Å². The van der Waals surface area contributed by atoms with Crippen molar-refractivity contribution >= 4 is 35.0 Å². The van der Waals surface area contributed by atoms with Crippen molar-refractivity contribution in [3.8, 4) is 0 Å². The van der Waals surface area contributed by atoms with Crippen molar-refractivity contribution in [2.45, 2.75) is 25.4 Å². The molecule has 2 rings (SSSR count). The normalized spacial score (nSPS) is 21.3. The van der Waals surface area contributed by atoms with Crippen LogP contribution in [0.15, 0.2) is 17.3 Å². The number of ether oxygens (including phenoxy) is 1. The predicted octanol–water partition coefficient (Wildman–Crippen LogP) is 2.53. The Bertz CT molecular complexity index is 547. The third-order valence-electron chi connectivity index (χ3n) is 3.67. The standard InChI is InChI=1S/C15H23Cl2N5O/c1-15(4-3-7-23-15)10-22-14(18-2)20-6-5-19-13-12(17)8-11(16)9-21-13/h8-9H,3-7,10H2,1-2H3,(H,19,21)(H2,18,20,22). The predicted molar refractivity (Wildman–Crippen MR) is 95.7 cm³/mol. The Labute approximate surface area is 147 Å². The second kappa shape index (κ2) is 8.57. The number of hydrogen-bond acceptors (Lipinski definition) is 4. The van der Waals surface area contributed by atoms with Crippen molar-refractivity contribution in [2.75, 3.05) is 38.6 Å². The molecule has 0 aromatic carbocycles. The number of nitrogens with zero attached hydrogens (tertiary/aromatic N) is 2. The maximum Gasteiger partial charge on any atom is 0.191 e. The van der Waals surface area contributed by atoms with Crippen LogP contribution in [0, 0.1) is 0 Å². The lowest BCUT2D eigenvalue weighted by Gasteiger charge is -2.24. The maximum atomic E-state index is 6.06. The van der Waals surface area contributed by atoms with Crippen molar-refractivity contribution in [2.24, 2.45) is 4.99 Å². The smallest absolute Gasteiger partial charge is 0.191 e. The van der Waals surface area contributed by atoms with Crippen LogP contribution in [0.25, 0.3) is 0 Å². The van der Waals surface area contributed by atoms with Gasteiger partial charge in [-0.05, 0) is 25.8 Å². The molecular formula is C15H23Cl2N5O. The van der Waals surface area contributed by atoms with E-state index in [-0.39, 0.29) is 5.60 Å². The first-order chi connectivity index (χ1) is 11.0. The zero-order chi connectivity index (χ0) is 16.7. The molecule has 1 atom stereocenters. The lowest BCUT2D eigenvalue weighted by Crippen LogP contribution is -2.46. The Hall–Kier alpha value is -1.24. The Balaban J connectivity index is 1.69. The summed E-state index contributed by atoms with van der Waals surface area (Å²) in [5.41, 5.74) is -0.101. The van der Waals surface area contributed by atoms with Gasteiger partial charge in [0.1, 0.15) is 5.82 Å². The van der Waals surface area contributed by atoms with Gasteiger partial charge >= 0.3 is 0 Å². The second-order valence-electron chi connectivity index (χ2n) is 5.67. The van der Waals surface area contributed by atoms with Crippen LogP contribution < -0.4 is 16.0 Å². The van der Waals surface area contributed by atoms with Gasteiger partial charge in [0.15, 0.2) is 5.96 Å². The number of nitrogens with one attached hydrogen (secondary N) is 3. The molecule has 0 spiro atoms. The summed E-state index contributed by atoms with van der Waals surface area (Å²) in [5.74, 6) is 1.37. The topological polar surface area (TPSA) is 70.6 Å². The first-order valence-corrected chi connectivity index (χ1v) is 8.41. The van der Waals surface area contributed by atoms with Gasteiger partial charge in [-0.1, -0.05) is 23.2 Å². The van der Waals surface area contributed by atoms with Crippen LogP contribution in [-0.4, -0.2) is 49.8 Å². The summed E-state index contributed by atoms with van der Waals surface area (Å²) >= 11 is 11.9. The highest BCUT2D eigenvalue weighted by Crippen LogP contribution is 2.24. The maximum absolute atomic E-state index is 6.06. The summed E-state index contributed by atoms with van der Waals surface area (Å²) in [7, 11) is 1.75. The summed E-state index contributed by atoms with van der Waals surface area (Å²) in [6.07, 6.45) is 3.74. The van der Waals surface area contributed by atoms with Crippen LogP contribution in [0.4, 0.5) is 5.82 Å². The zero-order valence-electron chi connectivity index (χ0n) is 13.5. The summed E-state index contributed by atoms with van der Waals surface area (Å²) < 4.78 is 5.75. The molecule has 1 aromatic rings. The summed E-state index contributed by atoms with van der Waals surface area (Å²) in [6.45, 7) is 5.03. The number of aliphatic imine (C=N–C) groups is 1. The fourth-order valence-corrected chi connectivity index (χ4v) is 2.82. The molecule has 0 radical (unpaired) electrons. The van der Waals surface area contributed by atoms with E-state index in [1.807, 2.05) is 0 Å². The van der Waals surface area contributed by atoms with E-state index in [2.05, 4.69) is 32.9 Å². The average molecular weight is 360 g/mol. The zero-order valence-corrected chi connectivity index (χ0v) is 15.0. The highest BCUT2D eigenvalue weighted by molar-refractivity contribution is 6.35. The summed E-state index contributed by atoms with van der Waals surface area (Å²) in [4.78, 5) is 8.35. The summed E-state index contributed by atoms with van der Waals surface area (Å²) in [5, 5.41) is 10.7. The number of anilines is 1. The molecule has 1 aliphatic heterocycles. The molecule has 0 amide bonds. The number of hydrogen-bond donors (Lipinski definition) is 3. The lowest BCUT2D eigenvalue weighted by atomic mass is 10.0. The molecule has 1 saturated heterocycles. The van der Waals surface area contributed by atoms with Crippen LogP contribution >= 0.6 is 23.2 Å². The first-order valence-electron chi connectivity index (χ1n) is 7.66. The molecule has 3 N–H and O–H groups in total. The molecule has 0 bridgehead atoms. The van der Waals surface area contributed by atoms with Crippen LogP contribution in [0.5, 0.6) is 0 Å². The van der Waals surface area contributed by atoms with Crippen molar-refractivity contribution in [3.63, 3.8) is 0 Å². The van der Waals surface area contributed by atoms with Gasteiger partial charge in [-0.25, -0.2) is 4.98 Å². The van der Waals surface area contributed by atoms with E-state index in [1.165, 1.54) is 0 Å². The Morgan fingerprint density at radius 3 is 2.87 bits per heavy atom. The quantitative estimate of drug-likeness (QED) is 0.413. The fraction of sp³-hybridized carbons (Fsp3) is 0.600. The van der Waals surface area contributed by atoms with Crippen molar-refractivity contribution in [3.05, 3.63) is 22.3 Å². The van der Waals surface area contributed by atoms with Crippen LogP contribution in [0.3, 0.4) is 0 Å². The SMILES string of the molecule is CN=C(NCCNc1ncc(Cl)cc1Cl)NCC1(C)CCCO1. The van der Waals surface area contributed by atoms with Crippen molar-refractivity contribution in [1.82, 2.24) is 15.6 Å². The fourth-order valence-electron chi connectivity index (χ4n) is 2.37. The number of pyridine rings is 1. The van der Waals surface area contributed by atoms with E-state index in [0.29, 0.717) is 29.0 Å². The number of rotatable bonds is 6. The highest BCUT2D eigenvalue weighted by Gasteiger charge is 2.29. The molecule has 0 aliphatic carbocycles. The molecule has 23 heavy (non-hydrogen) atoms. The van der Waals surface area contributed by atoms with E-state index < -0.39 is 0 Å². The molecule has 2 heterocycles.